The standard InChI is InChI=1S/C24H45NO3/c1-3-5-7-8-9-10-11-12-13-14-15-16-18-25-21-22(20-23(25)26)24(27)28-19-17-6-4-2/h22H,3-21H2,1-2H3. The molecular weight excluding hydrogens is 350 g/mol. The fourth-order valence-electron chi connectivity index (χ4n) is 3.93. The third-order valence-corrected chi connectivity index (χ3v) is 5.82. The predicted octanol–water partition coefficient (Wildman–Crippen LogP) is 6.27. The highest BCUT2D eigenvalue weighted by molar-refractivity contribution is 5.86. The highest BCUT2D eigenvalue weighted by Gasteiger charge is 2.34. The van der Waals surface area contributed by atoms with E-state index >= 15 is 0 Å². The van der Waals surface area contributed by atoms with Crippen molar-refractivity contribution in [3.05, 3.63) is 0 Å². The van der Waals surface area contributed by atoms with Crippen LogP contribution in [0.5, 0.6) is 0 Å². The maximum atomic E-state index is 12.1. The van der Waals surface area contributed by atoms with E-state index in [0.717, 1.165) is 32.2 Å². The zero-order valence-electron chi connectivity index (χ0n) is 18.7. The van der Waals surface area contributed by atoms with Crippen molar-refractivity contribution < 1.29 is 14.3 Å². The lowest BCUT2D eigenvalue weighted by molar-refractivity contribution is -0.148. The molecule has 0 aromatic rings. The molecule has 0 radical (unpaired) electrons. The molecule has 0 spiro atoms. The summed E-state index contributed by atoms with van der Waals surface area (Å²) in [5.41, 5.74) is 0. The molecular formula is C24H45NO3. The molecule has 0 N–H and O–H groups in total. The third kappa shape index (κ3) is 11.7. The Morgan fingerprint density at radius 3 is 1.89 bits per heavy atom. The smallest absolute Gasteiger partial charge is 0.311 e. The largest absolute Gasteiger partial charge is 0.465 e. The number of ether oxygens (including phenoxy) is 1. The summed E-state index contributed by atoms with van der Waals surface area (Å²) in [5, 5.41) is 0. The van der Waals surface area contributed by atoms with E-state index in [1.165, 1.54) is 70.6 Å². The van der Waals surface area contributed by atoms with Gasteiger partial charge in [-0.25, -0.2) is 0 Å². The normalized spacial score (nSPS) is 16.7. The zero-order valence-corrected chi connectivity index (χ0v) is 18.7. The summed E-state index contributed by atoms with van der Waals surface area (Å²) in [5.74, 6) is -0.299. The minimum absolute atomic E-state index is 0.124. The first-order valence-electron chi connectivity index (χ1n) is 12.1. The van der Waals surface area contributed by atoms with Crippen molar-refractivity contribution in [2.75, 3.05) is 19.7 Å². The summed E-state index contributed by atoms with van der Waals surface area (Å²) in [6.45, 7) is 6.25. The highest BCUT2D eigenvalue weighted by atomic mass is 16.5. The predicted molar refractivity (Wildman–Crippen MR) is 116 cm³/mol. The van der Waals surface area contributed by atoms with Gasteiger partial charge in [0.25, 0.3) is 0 Å². The van der Waals surface area contributed by atoms with Crippen LogP contribution in [0.4, 0.5) is 0 Å². The fraction of sp³-hybridized carbons (Fsp3) is 0.917. The number of hydrogen-bond acceptors (Lipinski definition) is 3. The van der Waals surface area contributed by atoms with E-state index in [9.17, 15) is 9.59 Å². The molecule has 0 aliphatic carbocycles. The highest BCUT2D eigenvalue weighted by Crippen LogP contribution is 2.20. The van der Waals surface area contributed by atoms with Gasteiger partial charge in [0, 0.05) is 19.5 Å². The van der Waals surface area contributed by atoms with Crippen LogP contribution >= 0.6 is 0 Å². The fourth-order valence-corrected chi connectivity index (χ4v) is 3.93. The van der Waals surface area contributed by atoms with Crippen molar-refractivity contribution in [1.82, 2.24) is 4.90 Å². The molecule has 0 bridgehead atoms. The molecule has 1 aliphatic heterocycles. The Hall–Kier alpha value is -1.06. The Morgan fingerprint density at radius 1 is 0.821 bits per heavy atom. The van der Waals surface area contributed by atoms with Crippen molar-refractivity contribution in [3.63, 3.8) is 0 Å². The van der Waals surface area contributed by atoms with Gasteiger partial charge >= 0.3 is 5.97 Å². The Labute approximate surface area is 173 Å². The minimum Gasteiger partial charge on any atom is -0.465 e. The van der Waals surface area contributed by atoms with Crippen molar-refractivity contribution in [1.29, 1.82) is 0 Å². The van der Waals surface area contributed by atoms with Crippen LogP contribution < -0.4 is 0 Å². The summed E-state index contributed by atoms with van der Waals surface area (Å²) >= 11 is 0. The van der Waals surface area contributed by atoms with Crippen molar-refractivity contribution in [3.8, 4) is 0 Å². The topological polar surface area (TPSA) is 46.6 Å². The molecule has 1 rings (SSSR count). The molecule has 1 atom stereocenters. The lowest BCUT2D eigenvalue weighted by Gasteiger charge is -2.16. The summed E-state index contributed by atoms with van der Waals surface area (Å²) < 4.78 is 5.32. The third-order valence-electron chi connectivity index (χ3n) is 5.82. The van der Waals surface area contributed by atoms with Crippen LogP contribution in [-0.4, -0.2) is 36.5 Å². The van der Waals surface area contributed by atoms with Crippen LogP contribution in [0.25, 0.3) is 0 Å². The second-order valence-corrected chi connectivity index (χ2v) is 8.50. The lowest BCUT2D eigenvalue weighted by atomic mass is 10.1. The zero-order chi connectivity index (χ0) is 20.5. The Morgan fingerprint density at radius 2 is 1.32 bits per heavy atom. The maximum Gasteiger partial charge on any atom is 0.311 e. The number of amides is 1. The molecule has 1 saturated heterocycles. The summed E-state index contributed by atoms with van der Waals surface area (Å²) in [4.78, 5) is 26.1. The maximum absolute atomic E-state index is 12.1. The number of likely N-dealkylation sites (tertiary alicyclic amines) is 1. The first kappa shape index (κ1) is 25.0. The van der Waals surface area contributed by atoms with Crippen molar-refractivity contribution >= 4 is 11.9 Å². The molecule has 1 aliphatic rings. The summed E-state index contributed by atoms with van der Waals surface area (Å²) in [6, 6.07) is 0. The van der Waals surface area contributed by atoms with Crippen LogP contribution in [0, 0.1) is 5.92 Å². The molecule has 0 saturated carbocycles. The Kier molecular flexibility index (Phi) is 15.0. The minimum atomic E-state index is -0.244. The van der Waals surface area contributed by atoms with E-state index in [1.807, 2.05) is 4.90 Å². The quantitative estimate of drug-likeness (QED) is 0.203. The SMILES string of the molecule is CCCCCCCCCCCCCCN1CC(C(=O)OCCCCC)CC1=O. The van der Waals surface area contributed by atoms with E-state index in [2.05, 4.69) is 13.8 Å². The number of nitrogens with zero attached hydrogens (tertiary/aromatic N) is 1. The number of carbonyl (C=O) groups is 2. The van der Waals surface area contributed by atoms with Gasteiger partial charge in [-0.2, -0.15) is 0 Å². The summed E-state index contributed by atoms with van der Waals surface area (Å²) in [7, 11) is 0. The van der Waals surface area contributed by atoms with Gasteiger partial charge in [0.15, 0.2) is 0 Å². The van der Waals surface area contributed by atoms with Gasteiger partial charge in [0.05, 0.1) is 12.5 Å². The van der Waals surface area contributed by atoms with E-state index in [0.29, 0.717) is 19.6 Å². The lowest BCUT2D eigenvalue weighted by Crippen LogP contribution is -2.27. The number of unbranched alkanes of at least 4 members (excludes halogenated alkanes) is 13. The van der Waals surface area contributed by atoms with Gasteiger partial charge in [-0.3, -0.25) is 9.59 Å². The van der Waals surface area contributed by atoms with Crippen molar-refractivity contribution in [2.45, 2.75) is 117 Å². The molecule has 4 nitrogen and oxygen atoms in total. The number of carbonyl (C=O) groups excluding carboxylic acids is 2. The van der Waals surface area contributed by atoms with E-state index in [4.69, 9.17) is 4.74 Å². The molecule has 28 heavy (non-hydrogen) atoms. The van der Waals surface area contributed by atoms with Crippen LogP contribution in [-0.2, 0) is 14.3 Å². The number of hydrogen-bond donors (Lipinski definition) is 0. The van der Waals surface area contributed by atoms with Crippen LogP contribution in [0.15, 0.2) is 0 Å². The molecule has 1 fully saturated rings. The summed E-state index contributed by atoms with van der Waals surface area (Å²) in [6.07, 6.45) is 19.3. The van der Waals surface area contributed by atoms with E-state index in [1.54, 1.807) is 0 Å². The van der Waals surface area contributed by atoms with Gasteiger partial charge < -0.3 is 9.64 Å². The van der Waals surface area contributed by atoms with Crippen LogP contribution in [0.1, 0.15) is 117 Å². The molecule has 1 unspecified atom stereocenters. The molecule has 1 heterocycles. The first-order chi connectivity index (χ1) is 13.7. The molecule has 0 aromatic heterocycles. The molecule has 0 aromatic carbocycles. The van der Waals surface area contributed by atoms with Gasteiger partial charge in [0.1, 0.15) is 0 Å². The van der Waals surface area contributed by atoms with E-state index < -0.39 is 0 Å². The Balaban J connectivity index is 1.97. The Bertz CT molecular complexity index is 411. The van der Waals surface area contributed by atoms with Crippen LogP contribution in [0.2, 0.25) is 0 Å². The average Bonchev–Trinajstić information content (AvgIpc) is 3.06. The first-order valence-corrected chi connectivity index (χ1v) is 12.1. The van der Waals surface area contributed by atoms with Gasteiger partial charge in [-0.05, 0) is 12.8 Å². The number of esters is 1. The van der Waals surface area contributed by atoms with Gasteiger partial charge in [-0.15, -0.1) is 0 Å². The van der Waals surface area contributed by atoms with E-state index in [-0.39, 0.29) is 17.8 Å². The van der Waals surface area contributed by atoms with Gasteiger partial charge in [-0.1, -0.05) is 97.3 Å². The second-order valence-electron chi connectivity index (χ2n) is 8.50. The van der Waals surface area contributed by atoms with Gasteiger partial charge in [0.2, 0.25) is 5.91 Å². The van der Waals surface area contributed by atoms with Crippen LogP contribution in [0.3, 0.4) is 0 Å². The second kappa shape index (κ2) is 16.9. The monoisotopic (exact) mass is 395 g/mol. The number of rotatable bonds is 18. The molecule has 1 amide bonds. The molecule has 164 valence electrons. The van der Waals surface area contributed by atoms with Crippen molar-refractivity contribution in [2.24, 2.45) is 5.92 Å². The average molecular weight is 396 g/mol. The molecule has 4 heteroatoms.